The maximum Gasteiger partial charge on any atom is 0.268 e. The zero-order valence-corrected chi connectivity index (χ0v) is 11.9. The summed E-state index contributed by atoms with van der Waals surface area (Å²) in [6.07, 6.45) is 5.32. The van der Waals surface area contributed by atoms with Gasteiger partial charge in [-0.1, -0.05) is 18.2 Å². The average molecular weight is 285 g/mol. The minimum atomic E-state index is -0.101. The van der Waals surface area contributed by atoms with E-state index in [0.717, 1.165) is 11.4 Å². The normalized spacial score (nSPS) is 14.5. The second-order valence-electron chi connectivity index (χ2n) is 5.24. The molecule has 1 aliphatic carbocycles. The van der Waals surface area contributed by atoms with E-state index in [0.29, 0.717) is 19.2 Å². The number of nitrogens with zero attached hydrogens (tertiary/aromatic N) is 2. The van der Waals surface area contributed by atoms with E-state index in [1.165, 1.54) is 23.9 Å². The van der Waals surface area contributed by atoms with E-state index >= 15 is 0 Å². The standard InChI is InChI=1S/C16H19N3O2/c20-16-11-14(18-13-5-4-6-13)12-17-19(16)9-10-21-15-7-2-1-3-8-15/h1-3,7-8,11-13,18H,4-6,9-10H2. The lowest BCUT2D eigenvalue weighted by Gasteiger charge is -2.27. The van der Waals surface area contributed by atoms with E-state index in [1.54, 1.807) is 12.3 Å². The van der Waals surface area contributed by atoms with Gasteiger partial charge in [-0.25, -0.2) is 4.68 Å². The third-order valence-electron chi connectivity index (χ3n) is 3.66. The molecule has 5 heteroatoms. The molecule has 3 rings (SSSR count). The highest BCUT2D eigenvalue weighted by Gasteiger charge is 2.17. The molecule has 0 radical (unpaired) electrons. The van der Waals surface area contributed by atoms with Crippen LogP contribution in [0.4, 0.5) is 5.69 Å². The number of benzene rings is 1. The van der Waals surface area contributed by atoms with Crippen LogP contribution in [-0.2, 0) is 6.54 Å². The van der Waals surface area contributed by atoms with Gasteiger partial charge in [0.1, 0.15) is 12.4 Å². The molecule has 1 saturated carbocycles. The highest BCUT2D eigenvalue weighted by Crippen LogP contribution is 2.21. The van der Waals surface area contributed by atoms with E-state index in [1.807, 2.05) is 30.3 Å². The zero-order valence-electron chi connectivity index (χ0n) is 11.9. The first-order chi connectivity index (χ1) is 10.3. The fourth-order valence-electron chi connectivity index (χ4n) is 2.24. The van der Waals surface area contributed by atoms with Gasteiger partial charge in [0.05, 0.1) is 18.4 Å². The van der Waals surface area contributed by atoms with Crippen molar-refractivity contribution in [1.29, 1.82) is 0 Å². The number of hydrogen-bond acceptors (Lipinski definition) is 4. The number of ether oxygens (including phenoxy) is 1. The Labute approximate surface area is 123 Å². The summed E-state index contributed by atoms with van der Waals surface area (Å²) in [5.41, 5.74) is 0.709. The fraction of sp³-hybridized carbons (Fsp3) is 0.375. The van der Waals surface area contributed by atoms with Gasteiger partial charge in [-0.15, -0.1) is 0 Å². The average Bonchev–Trinajstić information content (AvgIpc) is 2.46. The van der Waals surface area contributed by atoms with E-state index < -0.39 is 0 Å². The molecule has 1 N–H and O–H groups in total. The predicted octanol–water partition coefficient (Wildman–Crippen LogP) is 2.29. The Balaban J connectivity index is 1.54. The third-order valence-corrected chi connectivity index (χ3v) is 3.66. The summed E-state index contributed by atoms with van der Waals surface area (Å²) in [4.78, 5) is 12.0. The monoisotopic (exact) mass is 285 g/mol. The van der Waals surface area contributed by atoms with E-state index in [2.05, 4.69) is 10.4 Å². The number of aromatic nitrogens is 2. The molecule has 0 aliphatic heterocycles. The molecule has 0 unspecified atom stereocenters. The summed E-state index contributed by atoms with van der Waals surface area (Å²) >= 11 is 0. The Kier molecular flexibility index (Phi) is 4.19. The molecule has 5 nitrogen and oxygen atoms in total. The van der Waals surface area contributed by atoms with Gasteiger partial charge < -0.3 is 10.1 Å². The van der Waals surface area contributed by atoms with Crippen LogP contribution in [0.2, 0.25) is 0 Å². The highest BCUT2D eigenvalue weighted by atomic mass is 16.5. The smallest absolute Gasteiger partial charge is 0.268 e. The molecule has 110 valence electrons. The number of para-hydroxylation sites is 1. The second kappa shape index (κ2) is 6.43. The van der Waals surface area contributed by atoms with Crippen molar-refractivity contribution in [2.24, 2.45) is 0 Å². The fourth-order valence-corrected chi connectivity index (χ4v) is 2.24. The van der Waals surface area contributed by atoms with Gasteiger partial charge in [0.15, 0.2) is 0 Å². The summed E-state index contributed by atoms with van der Waals surface area (Å²) in [7, 11) is 0. The van der Waals surface area contributed by atoms with Crippen molar-refractivity contribution in [1.82, 2.24) is 9.78 Å². The quantitative estimate of drug-likeness (QED) is 0.884. The number of rotatable bonds is 6. The minimum absolute atomic E-state index is 0.101. The molecule has 1 aliphatic rings. The Bertz CT molecular complexity index is 635. The van der Waals surface area contributed by atoms with Crippen LogP contribution in [0.15, 0.2) is 47.4 Å². The predicted molar refractivity (Wildman–Crippen MR) is 81.7 cm³/mol. The number of nitrogens with one attached hydrogen (secondary N) is 1. The molecule has 0 saturated heterocycles. The van der Waals surface area contributed by atoms with Crippen LogP contribution in [0.25, 0.3) is 0 Å². The summed E-state index contributed by atoms with van der Waals surface area (Å²) in [6, 6.07) is 11.7. The third kappa shape index (κ3) is 3.62. The molecule has 0 amide bonds. The largest absolute Gasteiger partial charge is 0.492 e. The first-order valence-corrected chi connectivity index (χ1v) is 7.33. The van der Waals surface area contributed by atoms with Gasteiger partial charge in [0, 0.05) is 12.1 Å². The minimum Gasteiger partial charge on any atom is -0.492 e. The van der Waals surface area contributed by atoms with Crippen molar-refractivity contribution in [2.75, 3.05) is 11.9 Å². The van der Waals surface area contributed by atoms with Crippen molar-refractivity contribution < 1.29 is 4.74 Å². The summed E-state index contributed by atoms with van der Waals surface area (Å²) < 4.78 is 7.00. The maximum absolute atomic E-state index is 12.0. The molecular weight excluding hydrogens is 266 g/mol. The molecule has 1 aromatic heterocycles. The van der Waals surface area contributed by atoms with E-state index in [9.17, 15) is 4.79 Å². The van der Waals surface area contributed by atoms with Crippen LogP contribution in [0.5, 0.6) is 5.75 Å². The van der Waals surface area contributed by atoms with Gasteiger partial charge in [-0.3, -0.25) is 4.79 Å². The molecule has 1 aromatic carbocycles. The summed E-state index contributed by atoms with van der Waals surface area (Å²) in [5.74, 6) is 0.800. The molecule has 0 atom stereocenters. The highest BCUT2D eigenvalue weighted by molar-refractivity contribution is 5.40. The van der Waals surface area contributed by atoms with Gasteiger partial charge in [0.25, 0.3) is 5.56 Å². The molecule has 1 fully saturated rings. The Hall–Kier alpha value is -2.30. The van der Waals surface area contributed by atoms with Gasteiger partial charge in [0.2, 0.25) is 0 Å². The lowest BCUT2D eigenvalue weighted by molar-refractivity contribution is 0.288. The van der Waals surface area contributed by atoms with Crippen LogP contribution in [0.3, 0.4) is 0 Å². The lowest BCUT2D eigenvalue weighted by atomic mass is 9.93. The van der Waals surface area contributed by atoms with Crippen molar-refractivity contribution in [3.8, 4) is 5.75 Å². The molecule has 1 heterocycles. The zero-order chi connectivity index (χ0) is 14.5. The van der Waals surface area contributed by atoms with Crippen LogP contribution in [0, 0.1) is 0 Å². The maximum atomic E-state index is 12.0. The molecule has 0 spiro atoms. The van der Waals surface area contributed by atoms with Gasteiger partial charge in [-0.2, -0.15) is 5.10 Å². The summed E-state index contributed by atoms with van der Waals surface area (Å²) in [6.45, 7) is 0.865. The summed E-state index contributed by atoms with van der Waals surface area (Å²) in [5, 5.41) is 7.50. The van der Waals surface area contributed by atoms with Crippen molar-refractivity contribution >= 4 is 5.69 Å². The first-order valence-electron chi connectivity index (χ1n) is 7.33. The molecule has 0 bridgehead atoms. The van der Waals surface area contributed by atoms with Gasteiger partial charge in [-0.05, 0) is 31.4 Å². The lowest BCUT2D eigenvalue weighted by Crippen LogP contribution is -2.30. The Morgan fingerprint density at radius 3 is 2.76 bits per heavy atom. The second-order valence-corrected chi connectivity index (χ2v) is 5.24. The van der Waals surface area contributed by atoms with Gasteiger partial charge >= 0.3 is 0 Å². The topological polar surface area (TPSA) is 56.2 Å². The van der Waals surface area contributed by atoms with Crippen LogP contribution in [-0.4, -0.2) is 22.4 Å². The Morgan fingerprint density at radius 1 is 1.29 bits per heavy atom. The SMILES string of the molecule is O=c1cc(NC2CCC2)cnn1CCOc1ccccc1. The molecule has 2 aromatic rings. The van der Waals surface area contributed by atoms with Crippen LogP contribution in [0.1, 0.15) is 19.3 Å². The van der Waals surface area contributed by atoms with Crippen molar-refractivity contribution in [2.45, 2.75) is 31.8 Å². The van der Waals surface area contributed by atoms with E-state index in [-0.39, 0.29) is 5.56 Å². The van der Waals surface area contributed by atoms with Crippen molar-refractivity contribution in [3.63, 3.8) is 0 Å². The Morgan fingerprint density at radius 2 is 2.10 bits per heavy atom. The van der Waals surface area contributed by atoms with Crippen LogP contribution >= 0.6 is 0 Å². The van der Waals surface area contributed by atoms with E-state index in [4.69, 9.17) is 4.74 Å². The molecule has 21 heavy (non-hydrogen) atoms. The van der Waals surface area contributed by atoms with Crippen LogP contribution < -0.4 is 15.6 Å². The number of hydrogen-bond donors (Lipinski definition) is 1. The number of anilines is 1. The molecular formula is C16H19N3O2. The van der Waals surface area contributed by atoms with Crippen molar-refractivity contribution in [3.05, 3.63) is 52.9 Å². The first kappa shape index (κ1) is 13.7.